The van der Waals surface area contributed by atoms with Gasteiger partial charge in [-0.15, -0.1) is 0 Å². The van der Waals surface area contributed by atoms with Crippen LogP contribution >= 0.6 is 22.6 Å². The highest BCUT2D eigenvalue weighted by Crippen LogP contribution is 2.30. The highest BCUT2D eigenvalue weighted by Gasteiger charge is 2.20. The minimum absolute atomic E-state index is 0.906. The van der Waals surface area contributed by atoms with Crippen molar-refractivity contribution in [3.8, 4) is 0 Å². The zero-order chi connectivity index (χ0) is 7.84. The Morgan fingerprint density at radius 2 is 2.00 bits per heavy atom. The average Bonchev–Trinajstić information content (AvgIpc) is 2.27. The van der Waals surface area contributed by atoms with E-state index in [1.807, 2.05) is 18.2 Å². The Bertz CT molecular complexity index is 294. The van der Waals surface area contributed by atoms with Crippen molar-refractivity contribution in [2.75, 3.05) is 9.44 Å². The molecular formula is C6H5IN2OS. The van der Waals surface area contributed by atoms with Gasteiger partial charge in [-0.1, -0.05) is 0 Å². The first kappa shape index (κ1) is 7.51. The van der Waals surface area contributed by atoms with Gasteiger partial charge in [0, 0.05) is 3.57 Å². The molecule has 1 atom stereocenters. The lowest BCUT2D eigenvalue weighted by atomic mass is 10.3. The molecule has 1 heterocycles. The van der Waals surface area contributed by atoms with E-state index in [-0.39, 0.29) is 0 Å². The molecular weight excluding hydrogens is 275 g/mol. The Morgan fingerprint density at radius 1 is 1.27 bits per heavy atom. The Kier molecular flexibility index (Phi) is 1.86. The van der Waals surface area contributed by atoms with Gasteiger partial charge in [0.2, 0.25) is 0 Å². The van der Waals surface area contributed by atoms with Crippen LogP contribution in [0.2, 0.25) is 0 Å². The standard InChI is InChI=1S/C6H5IN2OS/c7-4-1-2-5-6(3-4)9-11(10)8-5/h1-3,8-9H. The summed E-state index contributed by atoms with van der Waals surface area (Å²) in [5.74, 6) is 0. The van der Waals surface area contributed by atoms with Crippen LogP contribution in [0.1, 0.15) is 0 Å². The van der Waals surface area contributed by atoms with Gasteiger partial charge in [0.25, 0.3) is 0 Å². The second-order valence-electron chi connectivity index (χ2n) is 2.16. The molecule has 0 radical (unpaired) electrons. The summed E-state index contributed by atoms with van der Waals surface area (Å²) in [6, 6.07) is 5.83. The topological polar surface area (TPSA) is 47.1 Å². The number of halogens is 1. The first-order valence-corrected chi connectivity index (χ1v) is 5.23. The maximum atomic E-state index is 10.9. The molecule has 0 bridgehead atoms. The second-order valence-corrected chi connectivity index (χ2v) is 4.35. The van der Waals surface area contributed by atoms with Gasteiger partial charge in [0.05, 0.1) is 0 Å². The van der Waals surface area contributed by atoms with Gasteiger partial charge in [0.15, 0.2) is 11.5 Å². The fourth-order valence-corrected chi connectivity index (χ4v) is 2.20. The predicted molar refractivity (Wildman–Crippen MR) is 54.5 cm³/mol. The van der Waals surface area contributed by atoms with E-state index < -0.39 is 11.5 Å². The van der Waals surface area contributed by atoms with Gasteiger partial charge in [0.1, 0.15) is 11.4 Å². The normalized spacial score (nSPS) is 20.4. The fraction of sp³-hybridized carbons (Fsp3) is 0. The van der Waals surface area contributed by atoms with Crippen LogP contribution in [0.15, 0.2) is 18.2 Å². The summed E-state index contributed by atoms with van der Waals surface area (Å²) < 4.78 is 17.6. The highest BCUT2D eigenvalue weighted by molar-refractivity contribution is 14.1. The van der Waals surface area contributed by atoms with Crippen molar-refractivity contribution in [2.45, 2.75) is 0 Å². The lowest BCUT2D eigenvalue weighted by Crippen LogP contribution is -2.12. The van der Waals surface area contributed by atoms with Crippen LogP contribution in [0.4, 0.5) is 11.4 Å². The zero-order valence-electron chi connectivity index (χ0n) is 5.43. The van der Waals surface area contributed by atoms with Crippen molar-refractivity contribution >= 4 is 45.5 Å². The largest absolute Gasteiger partial charge is 0.568 e. The number of benzene rings is 1. The molecule has 1 aliphatic rings. The number of anilines is 2. The van der Waals surface area contributed by atoms with E-state index in [9.17, 15) is 4.55 Å². The van der Waals surface area contributed by atoms with Gasteiger partial charge in [-0.25, -0.2) is 0 Å². The third kappa shape index (κ3) is 1.40. The third-order valence-electron chi connectivity index (χ3n) is 1.39. The first-order valence-electron chi connectivity index (χ1n) is 3.00. The molecule has 0 aliphatic carbocycles. The van der Waals surface area contributed by atoms with Gasteiger partial charge >= 0.3 is 0 Å². The van der Waals surface area contributed by atoms with Crippen LogP contribution in [0.25, 0.3) is 0 Å². The van der Waals surface area contributed by atoms with E-state index in [0.29, 0.717) is 0 Å². The van der Waals surface area contributed by atoms with Gasteiger partial charge in [-0.2, -0.15) is 9.44 Å². The monoisotopic (exact) mass is 280 g/mol. The molecule has 11 heavy (non-hydrogen) atoms. The van der Waals surface area contributed by atoms with Crippen LogP contribution in [0.3, 0.4) is 0 Å². The Labute approximate surface area is 81.2 Å². The van der Waals surface area contributed by atoms with Crippen molar-refractivity contribution in [1.29, 1.82) is 0 Å². The van der Waals surface area contributed by atoms with Crippen LogP contribution in [-0.2, 0) is 11.5 Å². The number of rotatable bonds is 0. The summed E-state index contributed by atoms with van der Waals surface area (Å²) >= 11 is 1.08. The molecule has 0 spiro atoms. The molecule has 1 aromatic carbocycles. The smallest absolute Gasteiger partial charge is 0.192 e. The summed E-state index contributed by atoms with van der Waals surface area (Å²) in [6.45, 7) is 0. The number of hydrogen-bond acceptors (Lipinski definition) is 3. The maximum absolute atomic E-state index is 10.9. The molecule has 1 aliphatic heterocycles. The second kappa shape index (κ2) is 2.72. The molecule has 0 aromatic heterocycles. The molecule has 2 rings (SSSR count). The number of fused-ring (bicyclic) bond motifs is 1. The summed E-state index contributed by atoms with van der Waals surface area (Å²) in [7, 11) is 0. The molecule has 5 heteroatoms. The van der Waals surface area contributed by atoms with E-state index >= 15 is 0 Å². The molecule has 0 saturated heterocycles. The van der Waals surface area contributed by atoms with Crippen LogP contribution in [0.5, 0.6) is 0 Å². The van der Waals surface area contributed by atoms with Crippen LogP contribution < -0.4 is 9.44 Å². The number of hydrogen-bond donors (Lipinski definition) is 2. The lowest BCUT2D eigenvalue weighted by molar-refractivity contribution is 0.606. The molecule has 3 nitrogen and oxygen atoms in total. The summed E-state index contributed by atoms with van der Waals surface area (Å²) in [5.41, 5.74) is 1.82. The van der Waals surface area contributed by atoms with Gasteiger partial charge in [-0.05, 0) is 40.8 Å². The first-order chi connectivity index (χ1) is 5.25. The van der Waals surface area contributed by atoms with E-state index in [1.165, 1.54) is 0 Å². The van der Waals surface area contributed by atoms with E-state index in [0.717, 1.165) is 14.9 Å². The Balaban J connectivity index is 2.43. The van der Waals surface area contributed by atoms with Crippen molar-refractivity contribution in [1.82, 2.24) is 0 Å². The fourth-order valence-electron chi connectivity index (χ4n) is 0.915. The minimum Gasteiger partial charge on any atom is -0.568 e. The van der Waals surface area contributed by atoms with Crippen molar-refractivity contribution in [3.05, 3.63) is 21.8 Å². The summed E-state index contributed by atoms with van der Waals surface area (Å²) in [5, 5.41) is 0. The van der Waals surface area contributed by atoms with Crippen molar-refractivity contribution in [3.63, 3.8) is 0 Å². The molecule has 1 aromatic rings. The highest BCUT2D eigenvalue weighted by atomic mass is 127. The molecule has 0 amide bonds. The van der Waals surface area contributed by atoms with Crippen molar-refractivity contribution < 1.29 is 4.55 Å². The van der Waals surface area contributed by atoms with Gasteiger partial charge < -0.3 is 4.55 Å². The summed E-state index contributed by atoms with van der Waals surface area (Å²) in [6.07, 6.45) is 0. The molecule has 1 unspecified atom stereocenters. The van der Waals surface area contributed by atoms with Gasteiger partial charge in [-0.3, -0.25) is 0 Å². The molecule has 58 valence electrons. The van der Waals surface area contributed by atoms with E-state index in [1.54, 1.807) is 0 Å². The average molecular weight is 280 g/mol. The van der Waals surface area contributed by atoms with E-state index in [2.05, 4.69) is 32.0 Å². The number of nitrogens with one attached hydrogen (secondary N) is 2. The van der Waals surface area contributed by atoms with Crippen LogP contribution in [-0.4, -0.2) is 4.55 Å². The quantitative estimate of drug-likeness (QED) is 0.562. The Hall–Kier alpha value is -0.140. The van der Waals surface area contributed by atoms with Crippen LogP contribution in [0, 0.1) is 3.57 Å². The molecule has 2 N–H and O–H groups in total. The predicted octanol–water partition coefficient (Wildman–Crippen LogP) is 1.71. The SMILES string of the molecule is [O-][S+]1Nc2ccc(I)cc2N1. The Morgan fingerprint density at radius 3 is 2.82 bits per heavy atom. The minimum atomic E-state index is -1.13. The molecule has 0 fully saturated rings. The zero-order valence-corrected chi connectivity index (χ0v) is 8.40. The van der Waals surface area contributed by atoms with Crippen molar-refractivity contribution in [2.24, 2.45) is 0 Å². The summed E-state index contributed by atoms with van der Waals surface area (Å²) in [4.78, 5) is 0. The van der Waals surface area contributed by atoms with E-state index in [4.69, 9.17) is 0 Å². The molecule has 0 saturated carbocycles. The maximum Gasteiger partial charge on any atom is 0.192 e. The third-order valence-corrected chi connectivity index (χ3v) is 2.87. The lowest BCUT2D eigenvalue weighted by Gasteiger charge is -1.97.